The molecule has 9 heteroatoms. The Bertz CT molecular complexity index is 580. The molecule has 0 aliphatic heterocycles. The van der Waals surface area contributed by atoms with Gasteiger partial charge in [0.1, 0.15) is 9.84 Å². The van der Waals surface area contributed by atoms with E-state index >= 15 is 0 Å². The molecule has 0 aliphatic rings. The molecule has 0 rings (SSSR count). The second-order valence-corrected chi connectivity index (χ2v) is 11.1. The molecule has 0 amide bonds. The van der Waals surface area contributed by atoms with Gasteiger partial charge in [-0.25, -0.2) is 16.8 Å². The summed E-state index contributed by atoms with van der Waals surface area (Å²) in [5.41, 5.74) is 0. The third-order valence-electron chi connectivity index (χ3n) is 3.27. The summed E-state index contributed by atoms with van der Waals surface area (Å²) in [6.07, 6.45) is 2.85. The number of hydrogen-bond acceptors (Lipinski definition) is 5. The normalized spacial score (nSPS) is 15.5. The Balaban J connectivity index is 4.82. The Morgan fingerprint density at radius 2 is 1.73 bits per heavy atom. The van der Waals surface area contributed by atoms with Gasteiger partial charge >= 0.3 is 0 Å². The fraction of sp³-hybridized carbons (Fsp3) is 0.923. The molecule has 0 fully saturated rings. The Morgan fingerprint density at radius 3 is 2.14 bits per heavy atom. The number of guanidine groups is 1. The number of sulfone groups is 2. The van der Waals surface area contributed by atoms with Crippen LogP contribution in [-0.2, 0) is 19.7 Å². The smallest absolute Gasteiger partial charge is 0.191 e. The van der Waals surface area contributed by atoms with E-state index in [1.54, 1.807) is 13.8 Å². The Hall–Kier alpha value is -0.830. The molecule has 0 spiro atoms. The summed E-state index contributed by atoms with van der Waals surface area (Å²) >= 11 is 0. The molecule has 0 saturated carbocycles. The zero-order chi connectivity index (χ0) is 17.6. The molecule has 0 radical (unpaired) electrons. The van der Waals surface area contributed by atoms with Crippen molar-refractivity contribution in [3.05, 3.63) is 0 Å². The van der Waals surface area contributed by atoms with Crippen molar-refractivity contribution < 1.29 is 16.8 Å². The van der Waals surface area contributed by atoms with Crippen LogP contribution in [0.1, 0.15) is 34.1 Å². The van der Waals surface area contributed by atoms with Crippen LogP contribution in [0.3, 0.4) is 0 Å². The first kappa shape index (κ1) is 21.2. The predicted molar refractivity (Wildman–Crippen MR) is 91.8 cm³/mol. The molecule has 0 aromatic rings. The standard InChI is InChI=1S/C13H29N3O4S2/c1-7-14-12(15-10-13(3,4)22(6,19)20)16-11(2)8-9-21(5,17)18/h11H,7-10H2,1-6H3,(H2,14,15,16). The highest BCUT2D eigenvalue weighted by molar-refractivity contribution is 7.92. The van der Waals surface area contributed by atoms with Crippen molar-refractivity contribution in [1.82, 2.24) is 10.6 Å². The summed E-state index contributed by atoms with van der Waals surface area (Å²) in [5, 5.41) is 6.12. The second kappa shape index (κ2) is 8.14. The van der Waals surface area contributed by atoms with Crippen LogP contribution in [0.2, 0.25) is 0 Å². The maximum atomic E-state index is 11.7. The van der Waals surface area contributed by atoms with Crippen LogP contribution in [0.4, 0.5) is 0 Å². The van der Waals surface area contributed by atoms with Crippen molar-refractivity contribution >= 4 is 25.6 Å². The molecule has 1 atom stereocenters. The van der Waals surface area contributed by atoms with Crippen LogP contribution in [0.5, 0.6) is 0 Å². The molecular formula is C13H29N3O4S2. The van der Waals surface area contributed by atoms with Gasteiger partial charge in [0.2, 0.25) is 0 Å². The van der Waals surface area contributed by atoms with E-state index < -0.39 is 24.4 Å². The lowest BCUT2D eigenvalue weighted by Crippen LogP contribution is -2.44. The van der Waals surface area contributed by atoms with Gasteiger partial charge in [0.15, 0.2) is 15.8 Å². The van der Waals surface area contributed by atoms with Gasteiger partial charge in [-0.1, -0.05) is 0 Å². The largest absolute Gasteiger partial charge is 0.357 e. The minimum atomic E-state index is -3.21. The van der Waals surface area contributed by atoms with E-state index in [0.717, 1.165) is 0 Å². The minimum absolute atomic E-state index is 0.0890. The lowest BCUT2D eigenvalue weighted by atomic mass is 10.2. The van der Waals surface area contributed by atoms with Gasteiger partial charge in [-0.15, -0.1) is 0 Å². The number of nitrogens with zero attached hydrogens (tertiary/aromatic N) is 1. The molecule has 2 N–H and O–H groups in total. The molecule has 0 aliphatic carbocycles. The van der Waals surface area contributed by atoms with E-state index in [1.807, 2.05) is 13.8 Å². The molecule has 0 aromatic heterocycles. The van der Waals surface area contributed by atoms with Crippen molar-refractivity contribution in [2.75, 3.05) is 31.4 Å². The lowest BCUT2D eigenvalue weighted by Gasteiger charge is -2.22. The van der Waals surface area contributed by atoms with Crippen molar-refractivity contribution in [2.24, 2.45) is 4.99 Å². The Kier molecular flexibility index (Phi) is 7.84. The summed E-state index contributed by atoms with van der Waals surface area (Å²) in [5.74, 6) is 0.579. The molecular weight excluding hydrogens is 326 g/mol. The molecule has 7 nitrogen and oxygen atoms in total. The van der Waals surface area contributed by atoms with Gasteiger partial charge in [0.05, 0.1) is 17.0 Å². The van der Waals surface area contributed by atoms with Gasteiger partial charge in [-0.05, 0) is 34.1 Å². The third kappa shape index (κ3) is 8.57. The van der Waals surface area contributed by atoms with Gasteiger partial charge < -0.3 is 10.6 Å². The monoisotopic (exact) mass is 355 g/mol. The van der Waals surface area contributed by atoms with E-state index in [1.165, 1.54) is 12.5 Å². The van der Waals surface area contributed by atoms with Crippen LogP contribution in [0, 0.1) is 0 Å². The van der Waals surface area contributed by atoms with E-state index in [4.69, 9.17) is 0 Å². The van der Waals surface area contributed by atoms with Gasteiger partial charge in [-0.3, -0.25) is 4.99 Å². The van der Waals surface area contributed by atoms with E-state index in [2.05, 4.69) is 15.6 Å². The quantitative estimate of drug-likeness (QED) is 0.476. The molecule has 0 aromatic carbocycles. The first-order chi connectivity index (χ1) is 9.78. The van der Waals surface area contributed by atoms with Crippen LogP contribution >= 0.6 is 0 Å². The zero-order valence-electron chi connectivity index (χ0n) is 14.3. The second-order valence-electron chi connectivity index (χ2n) is 6.19. The first-order valence-electron chi connectivity index (χ1n) is 7.20. The highest BCUT2D eigenvalue weighted by atomic mass is 32.2. The van der Waals surface area contributed by atoms with Gasteiger partial charge in [-0.2, -0.15) is 0 Å². The highest BCUT2D eigenvalue weighted by Crippen LogP contribution is 2.15. The number of nitrogens with one attached hydrogen (secondary N) is 2. The highest BCUT2D eigenvalue weighted by Gasteiger charge is 2.30. The molecule has 0 bridgehead atoms. The van der Waals surface area contributed by atoms with Crippen LogP contribution in [0.15, 0.2) is 4.99 Å². The number of rotatable bonds is 8. The average molecular weight is 356 g/mol. The van der Waals surface area contributed by atoms with Crippen LogP contribution in [0.25, 0.3) is 0 Å². The van der Waals surface area contributed by atoms with Crippen LogP contribution in [-0.4, -0.2) is 64.9 Å². The topological polar surface area (TPSA) is 105 Å². The molecule has 22 heavy (non-hydrogen) atoms. The van der Waals surface area contributed by atoms with Crippen molar-refractivity contribution in [1.29, 1.82) is 0 Å². The number of aliphatic imine (C=N–C) groups is 1. The summed E-state index contributed by atoms with van der Waals surface area (Å²) in [7, 11) is -6.21. The first-order valence-corrected chi connectivity index (χ1v) is 11.2. The predicted octanol–water partition coefficient (Wildman–Crippen LogP) is 0.188. The fourth-order valence-corrected chi connectivity index (χ4v) is 2.48. The molecule has 0 saturated heterocycles. The van der Waals surface area contributed by atoms with E-state index in [-0.39, 0.29) is 18.3 Å². The molecule has 1 unspecified atom stereocenters. The summed E-state index contributed by atoms with van der Waals surface area (Å²) in [4.78, 5) is 4.30. The molecule has 132 valence electrons. The summed E-state index contributed by atoms with van der Waals surface area (Å²) in [6.45, 7) is 7.77. The molecule has 0 heterocycles. The SMILES string of the molecule is CCNC(=NCC(C)(C)S(C)(=O)=O)NC(C)CCS(C)(=O)=O. The maximum Gasteiger partial charge on any atom is 0.191 e. The summed E-state index contributed by atoms with van der Waals surface area (Å²) < 4.78 is 44.8. The summed E-state index contributed by atoms with van der Waals surface area (Å²) in [6, 6.07) is -0.0890. The third-order valence-corrected chi connectivity index (χ3v) is 6.38. The Labute approximate surface area is 134 Å². The van der Waals surface area contributed by atoms with Gasteiger partial charge in [0, 0.05) is 25.1 Å². The maximum absolute atomic E-state index is 11.7. The van der Waals surface area contributed by atoms with Gasteiger partial charge in [0.25, 0.3) is 0 Å². The van der Waals surface area contributed by atoms with Crippen molar-refractivity contribution in [2.45, 2.75) is 44.9 Å². The van der Waals surface area contributed by atoms with Crippen molar-refractivity contribution in [3.63, 3.8) is 0 Å². The fourth-order valence-electron chi connectivity index (χ4n) is 1.40. The van der Waals surface area contributed by atoms with Crippen molar-refractivity contribution in [3.8, 4) is 0 Å². The van der Waals surface area contributed by atoms with E-state index in [0.29, 0.717) is 18.9 Å². The van der Waals surface area contributed by atoms with Crippen LogP contribution < -0.4 is 10.6 Å². The minimum Gasteiger partial charge on any atom is -0.357 e. The average Bonchev–Trinajstić information content (AvgIpc) is 2.31. The number of hydrogen-bond donors (Lipinski definition) is 2. The Morgan fingerprint density at radius 1 is 1.18 bits per heavy atom. The lowest BCUT2D eigenvalue weighted by molar-refractivity contribution is 0.552. The zero-order valence-corrected chi connectivity index (χ0v) is 15.9. The van der Waals surface area contributed by atoms with E-state index in [9.17, 15) is 16.8 Å².